The lowest BCUT2D eigenvalue weighted by molar-refractivity contribution is -0.162. The summed E-state index contributed by atoms with van der Waals surface area (Å²) in [6, 6.07) is 6.38. The molecule has 0 radical (unpaired) electrons. The highest BCUT2D eigenvalue weighted by molar-refractivity contribution is 5.67. The number of rotatable bonds is 4. The fourth-order valence-corrected chi connectivity index (χ4v) is 2.79. The number of ether oxygens (including phenoxy) is 2. The highest BCUT2D eigenvalue weighted by Gasteiger charge is 2.37. The van der Waals surface area contributed by atoms with E-state index >= 15 is 0 Å². The van der Waals surface area contributed by atoms with Crippen LogP contribution in [0.3, 0.4) is 0 Å². The third kappa shape index (κ3) is 3.46. The molecule has 0 unspecified atom stereocenters. The molecule has 0 amide bonds. The Balaban J connectivity index is 2.22. The predicted octanol–water partition coefficient (Wildman–Crippen LogP) is 4.01. The second-order valence-corrected chi connectivity index (χ2v) is 5.05. The molecule has 110 valence electrons. The average molecular weight is 284 g/mol. The first-order chi connectivity index (χ1) is 9.52. The number of hydrogen-bond acceptors (Lipinski definition) is 3. The van der Waals surface area contributed by atoms with Gasteiger partial charge in [-0.25, -0.2) is 0 Å². The van der Waals surface area contributed by atoms with Crippen LogP contribution in [-0.4, -0.2) is 12.6 Å². The first-order valence-electron chi connectivity index (χ1n) is 6.77. The molecule has 1 saturated carbocycles. The fourth-order valence-electron chi connectivity index (χ4n) is 2.79. The highest BCUT2D eigenvalue weighted by Crippen LogP contribution is 2.41. The van der Waals surface area contributed by atoms with Crippen molar-refractivity contribution < 1.29 is 23.0 Å². The molecule has 0 aromatic heterocycles. The van der Waals surface area contributed by atoms with Crippen molar-refractivity contribution in [3.63, 3.8) is 0 Å². The summed E-state index contributed by atoms with van der Waals surface area (Å²) in [5, 5.41) is 0. The Morgan fingerprint density at radius 2 is 1.75 bits per heavy atom. The Bertz CT molecular complexity index is 451. The highest BCUT2D eigenvalue weighted by atomic mass is 19.3. The van der Waals surface area contributed by atoms with Crippen LogP contribution in [0.1, 0.15) is 44.6 Å². The summed E-state index contributed by atoms with van der Waals surface area (Å²) in [5.41, 5.74) is 0.224. The molecular weight excluding hydrogens is 266 g/mol. The van der Waals surface area contributed by atoms with Crippen molar-refractivity contribution in [3.05, 3.63) is 29.8 Å². The second-order valence-electron chi connectivity index (χ2n) is 5.05. The van der Waals surface area contributed by atoms with E-state index < -0.39 is 12.2 Å². The molecule has 1 aliphatic carbocycles. The van der Waals surface area contributed by atoms with Gasteiger partial charge < -0.3 is 9.47 Å². The molecule has 3 nitrogen and oxygen atoms in total. The average Bonchev–Trinajstić information content (AvgIpc) is 2.39. The number of alkyl halides is 2. The molecule has 5 heteroatoms. The van der Waals surface area contributed by atoms with E-state index in [1.165, 1.54) is 19.1 Å². The maximum absolute atomic E-state index is 12.1. The minimum absolute atomic E-state index is 0.109. The van der Waals surface area contributed by atoms with E-state index in [1.54, 1.807) is 12.1 Å². The summed E-state index contributed by atoms with van der Waals surface area (Å²) in [7, 11) is 0. The van der Waals surface area contributed by atoms with Crippen molar-refractivity contribution in [2.45, 2.75) is 51.2 Å². The number of carbonyl (C=O) groups is 1. The normalized spacial score (nSPS) is 17.8. The van der Waals surface area contributed by atoms with Crippen LogP contribution in [0.25, 0.3) is 0 Å². The Morgan fingerprint density at radius 1 is 1.15 bits per heavy atom. The van der Waals surface area contributed by atoms with Crippen LogP contribution in [0.15, 0.2) is 24.3 Å². The van der Waals surface area contributed by atoms with E-state index in [9.17, 15) is 13.6 Å². The Morgan fingerprint density at radius 3 is 2.25 bits per heavy atom. The molecule has 1 fully saturated rings. The van der Waals surface area contributed by atoms with Crippen molar-refractivity contribution in [1.82, 2.24) is 0 Å². The molecule has 1 aromatic rings. The first kappa shape index (κ1) is 14.8. The SMILES string of the molecule is CC(=O)OC1(c2ccc(OC(F)F)cc2)CCCCC1. The van der Waals surface area contributed by atoms with E-state index in [0.717, 1.165) is 37.7 Å². The Kier molecular flexibility index (Phi) is 4.57. The quantitative estimate of drug-likeness (QED) is 0.784. The van der Waals surface area contributed by atoms with Crippen LogP contribution in [0, 0.1) is 0 Å². The van der Waals surface area contributed by atoms with Crippen LogP contribution in [-0.2, 0) is 15.1 Å². The van der Waals surface area contributed by atoms with E-state index in [4.69, 9.17) is 4.74 Å². The number of hydrogen-bond donors (Lipinski definition) is 0. The van der Waals surface area contributed by atoms with Crippen molar-refractivity contribution in [2.75, 3.05) is 0 Å². The minimum atomic E-state index is -2.84. The van der Waals surface area contributed by atoms with Gasteiger partial charge in [-0.15, -0.1) is 0 Å². The molecule has 2 rings (SSSR count). The van der Waals surface area contributed by atoms with Crippen molar-refractivity contribution in [1.29, 1.82) is 0 Å². The van der Waals surface area contributed by atoms with Crippen LogP contribution in [0.2, 0.25) is 0 Å². The van der Waals surface area contributed by atoms with Gasteiger partial charge in [0.15, 0.2) is 0 Å². The largest absolute Gasteiger partial charge is 0.454 e. The molecule has 20 heavy (non-hydrogen) atoms. The van der Waals surface area contributed by atoms with Gasteiger partial charge in [0.05, 0.1) is 0 Å². The van der Waals surface area contributed by atoms with E-state index in [1.807, 2.05) is 0 Å². The molecule has 0 spiro atoms. The molecule has 0 atom stereocenters. The Labute approximate surface area is 116 Å². The third-order valence-electron chi connectivity index (χ3n) is 3.61. The molecular formula is C15H18F2O3. The van der Waals surface area contributed by atoms with E-state index in [2.05, 4.69) is 4.74 Å². The van der Waals surface area contributed by atoms with Gasteiger partial charge in [0.2, 0.25) is 0 Å². The van der Waals surface area contributed by atoms with Crippen LogP contribution in [0.5, 0.6) is 5.75 Å². The predicted molar refractivity (Wildman–Crippen MR) is 69.6 cm³/mol. The third-order valence-corrected chi connectivity index (χ3v) is 3.61. The molecule has 1 aromatic carbocycles. The molecule has 0 aliphatic heterocycles. The smallest absolute Gasteiger partial charge is 0.387 e. The van der Waals surface area contributed by atoms with Gasteiger partial charge in [-0.3, -0.25) is 4.79 Å². The van der Waals surface area contributed by atoms with E-state index in [-0.39, 0.29) is 11.7 Å². The van der Waals surface area contributed by atoms with Crippen molar-refractivity contribution >= 4 is 5.97 Å². The first-order valence-corrected chi connectivity index (χ1v) is 6.77. The second kappa shape index (κ2) is 6.20. The van der Waals surface area contributed by atoms with Gasteiger partial charge in [0.1, 0.15) is 11.4 Å². The molecule has 0 bridgehead atoms. The summed E-state index contributed by atoms with van der Waals surface area (Å²) in [4.78, 5) is 11.4. The lowest BCUT2D eigenvalue weighted by Crippen LogP contribution is -2.34. The summed E-state index contributed by atoms with van der Waals surface area (Å²) in [6.07, 6.45) is 4.63. The number of halogens is 2. The van der Waals surface area contributed by atoms with Gasteiger partial charge >= 0.3 is 12.6 Å². The molecule has 0 saturated heterocycles. The van der Waals surface area contributed by atoms with Crippen molar-refractivity contribution in [2.24, 2.45) is 0 Å². The zero-order chi connectivity index (χ0) is 14.6. The summed E-state index contributed by atoms with van der Waals surface area (Å²) in [5.74, 6) is -0.211. The van der Waals surface area contributed by atoms with Crippen LogP contribution in [0.4, 0.5) is 8.78 Å². The number of benzene rings is 1. The summed E-state index contributed by atoms with van der Waals surface area (Å²) >= 11 is 0. The number of esters is 1. The van der Waals surface area contributed by atoms with Crippen molar-refractivity contribution in [3.8, 4) is 5.75 Å². The van der Waals surface area contributed by atoms with Gasteiger partial charge in [0, 0.05) is 6.92 Å². The molecule has 1 aliphatic rings. The van der Waals surface area contributed by atoms with Crippen LogP contribution < -0.4 is 4.74 Å². The molecule has 0 heterocycles. The zero-order valence-electron chi connectivity index (χ0n) is 11.4. The van der Waals surface area contributed by atoms with Gasteiger partial charge in [-0.2, -0.15) is 8.78 Å². The van der Waals surface area contributed by atoms with Gasteiger partial charge in [-0.05, 0) is 43.4 Å². The maximum atomic E-state index is 12.1. The fraction of sp³-hybridized carbons (Fsp3) is 0.533. The zero-order valence-corrected chi connectivity index (χ0v) is 11.4. The maximum Gasteiger partial charge on any atom is 0.387 e. The van der Waals surface area contributed by atoms with Crippen LogP contribution >= 0.6 is 0 Å². The summed E-state index contributed by atoms with van der Waals surface area (Å²) in [6.45, 7) is -1.44. The minimum Gasteiger partial charge on any atom is -0.454 e. The standard InChI is InChI=1S/C15H18F2O3/c1-11(18)20-15(9-3-2-4-10-15)12-5-7-13(8-6-12)19-14(16)17/h5-8,14H,2-4,9-10H2,1H3. The molecule has 0 N–H and O–H groups in total. The van der Waals surface area contributed by atoms with Gasteiger partial charge in [0.25, 0.3) is 0 Å². The monoisotopic (exact) mass is 284 g/mol. The lowest BCUT2D eigenvalue weighted by atomic mass is 9.79. The van der Waals surface area contributed by atoms with Gasteiger partial charge in [-0.1, -0.05) is 18.6 Å². The topological polar surface area (TPSA) is 35.5 Å². The lowest BCUT2D eigenvalue weighted by Gasteiger charge is -2.37. The number of carbonyl (C=O) groups excluding carboxylic acids is 1. The Hall–Kier alpha value is -1.65. The van der Waals surface area contributed by atoms with E-state index in [0.29, 0.717) is 0 Å². The summed E-state index contributed by atoms with van der Waals surface area (Å²) < 4.78 is 34.2.